The monoisotopic (exact) mass is 320 g/mol. The summed E-state index contributed by atoms with van der Waals surface area (Å²) in [5.41, 5.74) is 5.11. The van der Waals surface area contributed by atoms with Gasteiger partial charge in [-0.05, 0) is 18.2 Å². The molecule has 0 fully saturated rings. The minimum absolute atomic E-state index is 0.0205. The lowest BCUT2D eigenvalue weighted by atomic mass is 10.2. The van der Waals surface area contributed by atoms with Crippen molar-refractivity contribution in [2.45, 2.75) is 0 Å². The maximum atomic E-state index is 11.7. The van der Waals surface area contributed by atoms with Crippen LogP contribution in [0.1, 0.15) is 10.4 Å². The van der Waals surface area contributed by atoms with Crippen LogP contribution >= 0.6 is 27.5 Å². The van der Waals surface area contributed by atoms with Gasteiger partial charge in [0.2, 0.25) is 0 Å². The molecular weight excluding hydrogens is 311 g/mol. The van der Waals surface area contributed by atoms with Gasteiger partial charge >= 0.3 is 6.09 Å². The summed E-state index contributed by atoms with van der Waals surface area (Å²) in [6, 6.07) is 4.95. The lowest BCUT2D eigenvalue weighted by molar-refractivity contribution is 0.0937. The lowest BCUT2D eigenvalue weighted by Crippen LogP contribution is -2.29. The van der Waals surface area contributed by atoms with Gasteiger partial charge in [-0.25, -0.2) is 4.79 Å². The van der Waals surface area contributed by atoms with Crippen molar-refractivity contribution in [3.63, 3.8) is 0 Å². The molecule has 0 atom stereocenters. The van der Waals surface area contributed by atoms with Gasteiger partial charge in [0.1, 0.15) is 6.61 Å². The third kappa shape index (κ3) is 4.62. The largest absolute Gasteiger partial charge is 0.448 e. The van der Waals surface area contributed by atoms with Crippen LogP contribution in [0.3, 0.4) is 0 Å². The molecule has 1 aromatic rings. The Morgan fingerprint density at radius 2 is 2.18 bits per heavy atom. The molecule has 0 heterocycles. The van der Waals surface area contributed by atoms with Crippen LogP contribution in [-0.4, -0.2) is 25.2 Å². The Hall–Kier alpha value is -1.27. The summed E-state index contributed by atoms with van der Waals surface area (Å²) in [5, 5.41) is 2.89. The predicted octanol–water partition coefficient (Wildman–Crippen LogP) is 1.93. The second-order valence-corrected chi connectivity index (χ2v) is 4.37. The summed E-state index contributed by atoms with van der Waals surface area (Å²) in [5.74, 6) is -0.343. The van der Waals surface area contributed by atoms with Crippen molar-refractivity contribution in [2.75, 3.05) is 13.2 Å². The topological polar surface area (TPSA) is 81.4 Å². The molecule has 0 spiro atoms. The highest BCUT2D eigenvalue weighted by Crippen LogP contribution is 2.20. The summed E-state index contributed by atoms with van der Waals surface area (Å²) in [6.45, 7) is 0.192. The fraction of sp³-hybridized carbons (Fsp3) is 0.200. The lowest BCUT2D eigenvalue weighted by Gasteiger charge is -2.07. The highest BCUT2D eigenvalue weighted by atomic mass is 79.9. The molecule has 0 saturated heterocycles. The van der Waals surface area contributed by atoms with Gasteiger partial charge < -0.3 is 15.8 Å². The van der Waals surface area contributed by atoms with E-state index in [9.17, 15) is 9.59 Å². The van der Waals surface area contributed by atoms with E-state index in [4.69, 9.17) is 17.3 Å². The Morgan fingerprint density at radius 1 is 1.47 bits per heavy atom. The first-order valence-electron chi connectivity index (χ1n) is 4.66. The summed E-state index contributed by atoms with van der Waals surface area (Å²) >= 11 is 9.11. The number of nitrogens with one attached hydrogen (secondary N) is 1. The fourth-order valence-corrected chi connectivity index (χ4v) is 1.65. The third-order valence-electron chi connectivity index (χ3n) is 1.80. The van der Waals surface area contributed by atoms with Crippen LogP contribution < -0.4 is 11.1 Å². The van der Waals surface area contributed by atoms with Gasteiger partial charge in [-0.2, -0.15) is 0 Å². The Labute approximate surface area is 111 Å². The molecule has 3 N–H and O–H groups in total. The van der Waals surface area contributed by atoms with Gasteiger partial charge in [0.15, 0.2) is 0 Å². The van der Waals surface area contributed by atoms with Gasteiger partial charge in [0.25, 0.3) is 5.91 Å². The van der Waals surface area contributed by atoms with Crippen LogP contribution in [0.4, 0.5) is 4.79 Å². The number of benzene rings is 1. The van der Waals surface area contributed by atoms with Crippen molar-refractivity contribution < 1.29 is 14.3 Å². The van der Waals surface area contributed by atoms with E-state index >= 15 is 0 Å². The van der Waals surface area contributed by atoms with Crippen molar-refractivity contribution >= 4 is 39.5 Å². The van der Waals surface area contributed by atoms with Crippen LogP contribution in [0.15, 0.2) is 22.7 Å². The first-order chi connectivity index (χ1) is 8.00. The average molecular weight is 322 g/mol. The van der Waals surface area contributed by atoms with Crippen LogP contribution in [0, 0.1) is 0 Å². The SMILES string of the molecule is NC(=O)OCCNC(=O)c1cc(Br)ccc1Cl. The number of halogens is 2. The first-order valence-corrected chi connectivity index (χ1v) is 5.83. The minimum atomic E-state index is -0.875. The normalized spacial score (nSPS) is 9.76. The molecule has 17 heavy (non-hydrogen) atoms. The number of hydrogen-bond donors (Lipinski definition) is 2. The zero-order chi connectivity index (χ0) is 12.8. The maximum absolute atomic E-state index is 11.7. The maximum Gasteiger partial charge on any atom is 0.404 e. The molecule has 0 unspecified atom stereocenters. The molecule has 0 radical (unpaired) electrons. The number of rotatable bonds is 4. The first kappa shape index (κ1) is 13.8. The molecule has 0 bridgehead atoms. The van der Waals surface area contributed by atoms with Gasteiger partial charge in [-0.1, -0.05) is 27.5 Å². The molecule has 1 rings (SSSR count). The number of nitrogens with two attached hydrogens (primary N) is 1. The Kier molecular flexibility index (Phi) is 5.24. The molecule has 1 aromatic carbocycles. The summed E-state index contributed by atoms with van der Waals surface area (Å²) in [7, 11) is 0. The van der Waals surface area contributed by atoms with Gasteiger partial charge in [0.05, 0.1) is 17.1 Å². The third-order valence-corrected chi connectivity index (χ3v) is 2.63. The minimum Gasteiger partial charge on any atom is -0.448 e. The fourth-order valence-electron chi connectivity index (χ4n) is 1.08. The summed E-state index contributed by atoms with van der Waals surface area (Å²) in [4.78, 5) is 21.9. The Bertz CT molecular complexity index is 440. The van der Waals surface area contributed by atoms with Gasteiger partial charge in [-0.15, -0.1) is 0 Å². The number of hydrogen-bond acceptors (Lipinski definition) is 3. The molecule has 92 valence electrons. The van der Waals surface area contributed by atoms with E-state index in [-0.39, 0.29) is 19.1 Å². The molecule has 0 aromatic heterocycles. The Morgan fingerprint density at radius 3 is 2.82 bits per heavy atom. The molecule has 2 amide bonds. The van der Waals surface area contributed by atoms with Crippen molar-refractivity contribution in [3.05, 3.63) is 33.3 Å². The van der Waals surface area contributed by atoms with Crippen LogP contribution in [-0.2, 0) is 4.74 Å². The van der Waals surface area contributed by atoms with E-state index in [1.165, 1.54) is 0 Å². The summed E-state index contributed by atoms with van der Waals surface area (Å²) < 4.78 is 5.21. The van der Waals surface area contributed by atoms with Crippen molar-refractivity contribution in [1.82, 2.24) is 5.32 Å². The standard InChI is InChI=1S/C10H10BrClN2O3/c11-6-1-2-8(12)7(5-6)9(15)14-3-4-17-10(13)16/h1-2,5H,3-4H2,(H2,13,16)(H,14,15). The van der Waals surface area contributed by atoms with Gasteiger partial charge in [-0.3, -0.25) is 4.79 Å². The molecule has 0 saturated carbocycles. The molecule has 7 heteroatoms. The number of carbonyl (C=O) groups is 2. The number of carbonyl (C=O) groups excluding carboxylic acids is 2. The molecule has 5 nitrogen and oxygen atoms in total. The molecular formula is C10H10BrClN2O3. The van der Waals surface area contributed by atoms with E-state index in [0.717, 1.165) is 4.47 Å². The van der Waals surface area contributed by atoms with E-state index < -0.39 is 6.09 Å². The Balaban J connectivity index is 2.52. The van der Waals surface area contributed by atoms with Gasteiger partial charge in [0, 0.05) is 4.47 Å². The second-order valence-electron chi connectivity index (χ2n) is 3.05. The highest BCUT2D eigenvalue weighted by Gasteiger charge is 2.10. The number of ether oxygens (including phenoxy) is 1. The van der Waals surface area contributed by atoms with Crippen LogP contribution in [0.25, 0.3) is 0 Å². The van der Waals surface area contributed by atoms with E-state index in [0.29, 0.717) is 10.6 Å². The quantitative estimate of drug-likeness (QED) is 0.831. The zero-order valence-corrected chi connectivity index (χ0v) is 11.0. The second kappa shape index (κ2) is 6.46. The van der Waals surface area contributed by atoms with Crippen LogP contribution in [0.2, 0.25) is 5.02 Å². The van der Waals surface area contributed by atoms with Crippen molar-refractivity contribution in [1.29, 1.82) is 0 Å². The van der Waals surface area contributed by atoms with Crippen LogP contribution in [0.5, 0.6) is 0 Å². The highest BCUT2D eigenvalue weighted by molar-refractivity contribution is 9.10. The van der Waals surface area contributed by atoms with Crippen molar-refractivity contribution in [2.24, 2.45) is 5.73 Å². The molecule has 0 aliphatic carbocycles. The van der Waals surface area contributed by atoms with E-state index in [1.54, 1.807) is 18.2 Å². The predicted molar refractivity (Wildman–Crippen MR) is 67.0 cm³/mol. The molecule has 0 aliphatic rings. The smallest absolute Gasteiger partial charge is 0.404 e. The van der Waals surface area contributed by atoms with E-state index in [1.807, 2.05) is 0 Å². The average Bonchev–Trinajstić information content (AvgIpc) is 2.27. The number of primary amides is 1. The number of amides is 2. The van der Waals surface area contributed by atoms with E-state index in [2.05, 4.69) is 26.0 Å². The molecule has 0 aliphatic heterocycles. The zero-order valence-electron chi connectivity index (χ0n) is 8.70. The van der Waals surface area contributed by atoms with Crippen molar-refractivity contribution in [3.8, 4) is 0 Å². The summed E-state index contributed by atoms with van der Waals surface area (Å²) in [6.07, 6.45) is -0.875.